The highest BCUT2D eigenvalue weighted by atomic mass is 15.1. The van der Waals surface area contributed by atoms with Gasteiger partial charge in [-0.15, -0.1) is 0 Å². The predicted molar refractivity (Wildman–Crippen MR) is 70.9 cm³/mol. The molecule has 0 radical (unpaired) electrons. The quantitative estimate of drug-likeness (QED) is 0.769. The number of benzene rings is 1. The molecular weight excluding hydrogens is 198 g/mol. The fourth-order valence-corrected chi connectivity index (χ4v) is 1.93. The molecule has 0 saturated heterocycles. The van der Waals surface area contributed by atoms with Gasteiger partial charge in [0.25, 0.3) is 0 Å². The van der Waals surface area contributed by atoms with Gasteiger partial charge in [0, 0.05) is 31.4 Å². The van der Waals surface area contributed by atoms with Crippen molar-refractivity contribution in [2.75, 3.05) is 31.6 Å². The van der Waals surface area contributed by atoms with Crippen LogP contribution in [-0.4, -0.2) is 26.7 Å². The van der Waals surface area contributed by atoms with Gasteiger partial charge in [0.15, 0.2) is 0 Å². The molecule has 0 fully saturated rings. The van der Waals surface area contributed by atoms with Crippen molar-refractivity contribution in [2.45, 2.75) is 19.9 Å². The SMILES string of the molecule is CCN(CC)c1ccc([C@@H](CN)NC)cc1. The zero-order valence-corrected chi connectivity index (χ0v) is 10.5. The maximum absolute atomic E-state index is 5.69. The summed E-state index contributed by atoms with van der Waals surface area (Å²) in [6.07, 6.45) is 0. The molecule has 3 nitrogen and oxygen atoms in total. The first-order valence-electron chi connectivity index (χ1n) is 5.99. The van der Waals surface area contributed by atoms with Crippen LogP contribution in [0.25, 0.3) is 0 Å². The van der Waals surface area contributed by atoms with E-state index in [1.54, 1.807) is 0 Å². The first kappa shape index (κ1) is 13.0. The number of rotatable bonds is 6. The zero-order valence-electron chi connectivity index (χ0n) is 10.5. The molecule has 0 spiro atoms. The minimum Gasteiger partial charge on any atom is -0.372 e. The average molecular weight is 221 g/mol. The molecule has 0 aromatic heterocycles. The van der Waals surface area contributed by atoms with E-state index in [-0.39, 0.29) is 6.04 Å². The van der Waals surface area contributed by atoms with E-state index >= 15 is 0 Å². The van der Waals surface area contributed by atoms with E-state index in [1.807, 2.05) is 7.05 Å². The van der Waals surface area contributed by atoms with E-state index in [1.165, 1.54) is 11.3 Å². The normalized spacial score (nSPS) is 12.5. The predicted octanol–water partition coefficient (Wildman–Crippen LogP) is 1.75. The lowest BCUT2D eigenvalue weighted by molar-refractivity contribution is 0.605. The molecule has 1 rings (SSSR count). The summed E-state index contributed by atoms with van der Waals surface area (Å²) < 4.78 is 0. The van der Waals surface area contributed by atoms with E-state index < -0.39 is 0 Å². The van der Waals surface area contributed by atoms with Crippen LogP contribution in [-0.2, 0) is 0 Å². The van der Waals surface area contributed by atoms with Gasteiger partial charge in [-0.3, -0.25) is 0 Å². The molecule has 0 aliphatic carbocycles. The van der Waals surface area contributed by atoms with Crippen molar-refractivity contribution in [3.63, 3.8) is 0 Å². The number of likely N-dealkylation sites (N-methyl/N-ethyl adjacent to an activating group) is 1. The summed E-state index contributed by atoms with van der Waals surface area (Å²) in [5.41, 5.74) is 8.22. The Labute approximate surface area is 98.6 Å². The molecule has 0 bridgehead atoms. The number of nitrogens with zero attached hydrogens (tertiary/aromatic N) is 1. The Kier molecular flexibility index (Phi) is 5.29. The summed E-state index contributed by atoms with van der Waals surface area (Å²) in [5, 5.41) is 3.21. The van der Waals surface area contributed by atoms with Crippen LogP contribution in [0.4, 0.5) is 5.69 Å². The van der Waals surface area contributed by atoms with Crippen LogP contribution in [0.1, 0.15) is 25.5 Å². The molecule has 1 aromatic rings. The van der Waals surface area contributed by atoms with Crippen molar-refractivity contribution in [1.29, 1.82) is 0 Å². The van der Waals surface area contributed by atoms with Crippen LogP contribution in [0.5, 0.6) is 0 Å². The van der Waals surface area contributed by atoms with Crippen LogP contribution in [0, 0.1) is 0 Å². The molecule has 16 heavy (non-hydrogen) atoms. The Morgan fingerprint density at radius 1 is 1.19 bits per heavy atom. The first-order valence-corrected chi connectivity index (χ1v) is 5.99. The van der Waals surface area contributed by atoms with Gasteiger partial charge in [-0.25, -0.2) is 0 Å². The van der Waals surface area contributed by atoms with Crippen LogP contribution in [0.3, 0.4) is 0 Å². The van der Waals surface area contributed by atoms with E-state index in [4.69, 9.17) is 5.73 Å². The van der Waals surface area contributed by atoms with Crippen LogP contribution in [0.2, 0.25) is 0 Å². The van der Waals surface area contributed by atoms with Gasteiger partial charge in [-0.2, -0.15) is 0 Å². The minimum atomic E-state index is 0.255. The first-order chi connectivity index (χ1) is 7.76. The van der Waals surface area contributed by atoms with Crippen molar-refractivity contribution in [3.05, 3.63) is 29.8 Å². The third kappa shape index (κ3) is 2.97. The third-order valence-electron chi connectivity index (χ3n) is 3.01. The van der Waals surface area contributed by atoms with Crippen molar-refractivity contribution < 1.29 is 0 Å². The van der Waals surface area contributed by atoms with Crippen molar-refractivity contribution >= 4 is 5.69 Å². The van der Waals surface area contributed by atoms with Crippen molar-refractivity contribution in [1.82, 2.24) is 5.32 Å². The molecule has 0 amide bonds. The molecule has 1 atom stereocenters. The number of nitrogens with one attached hydrogen (secondary N) is 1. The zero-order chi connectivity index (χ0) is 12.0. The second-order valence-corrected chi connectivity index (χ2v) is 3.84. The number of nitrogens with two attached hydrogens (primary N) is 1. The molecule has 0 aliphatic heterocycles. The Morgan fingerprint density at radius 2 is 1.75 bits per heavy atom. The van der Waals surface area contributed by atoms with Gasteiger partial charge >= 0.3 is 0 Å². The van der Waals surface area contributed by atoms with E-state index in [0.717, 1.165) is 13.1 Å². The molecule has 1 aromatic carbocycles. The maximum atomic E-state index is 5.69. The monoisotopic (exact) mass is 221 g/mol. The van der Waals surface area contributed by atoms with Gasteiger partial charge in [-0.05, 0) is 38.6 Å². The molecule has 90 valence electrons. The number of anilines is 1. The highest BCUT2D eigenvalue weighted by molar-refractivity contribution is 5.47. The van der Waals surface area contributed by atoms with Crippen molar-refractivity contribution in [3.8, 4) is 0 Å². The molecular formula is C13H23N3. The van der Waals surface area contributed by atoms with Crippen LogP contribution in [0.15, 0.2) is 24.3 Å². The summed E-state index contributed by atoms with van der Waals surface area (Å²) in [5.74, 6) is 0. The molecule has 3 heteroatoms. The summed E-state index contributed by atoms with van der Waals surface area (Å²) in [6, 6.07) is 8.90. The fraction of sp³-hybridized carbons (Fsp3) is 0.538. The molecule has 0 aliphatic rings. The Balaban J connectivity index is 2.81. The van der Waals surface area contributed by atoms with Gasteiger partial charge in [-0.1, -0.05) is 12.1 Å². The molecule has 3 N–H and O–H groups in total. The lowest BCUT2D eigenvalue weighted by atomic mass is 10.1. The van der Waals surface area contributed by atoms with Crippen molar-refractivity contribution in [2.24, 2.45) is 5.73 Å². The number of hydrogen-bond acceptors (Lipinski definition) is 3. The third-order valence-corrected chi connectivity index (χ3v) is 3.01. The molecule has 0 saturated carbocycles. The average Bonchev–Trinajstić information content (AvgIpc) is 2.34. The highest BCUT2D eigenvalue weighted by Gasteiger charge is 2.07. The Hall–Kier alpha value is -1.06. The lowest BCUT2D eigenvalue weighted by Crippen LogP contribution is -2.25. The second kappa shape index (κ2) is 6.51. The van der Waals surface area contributed by atoms with Gasteiger partial charge < -0.3 is 16.0 Å². The second-order valence-electron chi connectivity index (χ2n) is 3.84. The minimum absolute atomic E-state index is 0.255. The molecule has 0 unspecified atom stereocenters. The smallest absolute Gasteiger partial charge is 0.0442 e. The number of hydrogen-bond donors (Lipinski definition) is 2. The standard InChI is InChI=1S/C13H23N3/c1-4-16(5-2)12-8-6-11(7-9-12)13(10-14)15-3/h6-9,13,15H,4-5,10,14H2,1-3H3/t13-/m1/s1. The summed E-state index contributed by atoms with van der Waals surface area (Å²) in [4.78, 5) is 2.33. The topological polar surface area (TPSA) is 41.3 Å². The van der Waals surface area contributed by atoms with Crippen LogP contribution >= 0.6 is 0 Å². The van der Waals surface area contributed by atoms with Gasteiger partial charge in [0.05, 0.1) is 0 Å². The van der Waals surface area contributed by atoms with Gasteiger partial charge in [0.1, 0.15) is 0 Å². The summed E-state index contributed by atoms with van der Waals surface area (Å²) in [6.45, 7) is 7.06. The van der Waals surface area contributed by atoms with E-state index in [2.05, 4.69) is 48.3 Å². The lowest BCUT2D eigenvalue weighted by Gasteiger charge is -2.22. The van der Waals surface area contributed by atoms with E-state index in [9.17, 15) is 0 Å². The Morgan fingerprint density at radius 3 is 2.12 bits per heavy atom. The largest absolute Gasteiger partial charge is 0.372 e. The highest BCUT2D eigenvalue weighted by Crippen LogP contribution is 2.18. The van der Waals surface area contributed by atoms with Crippen LogP contribution < -0.4 is 16.0 Å². The van der Waals surface area contributed by atoms with E-state index in [0.29, 0.717) is 6.54 Å². The summed E-state index contributed by atoms with van der Waals surface area (Å²) >= 11 is 0. The Bertz CT molecular complexity index is 256. The maximum Gasteiger partial charge on any atom is 0.0442 e. The fourth-order valence-electron chi connectivity index (χ4n) is 1.93. The summed E-state index contributed by atoms with van der Waals surface area (Å²) in [7, 11) is 1.94. The molecule has 0 heterocycles. The van der Waals surface area contributed by atoms with Gasteiger partial charge in [0.2, 0.25) is 0 Å².